The van der Waals surface area contributed by atoms with Crippen molar-refractivity contribution in [2.45, 2.75) is 23.3 Å². The molecule has 3 aliphatic carbocycles. The smallest absolute Gasteiger partial charge is 0.127 e. The molecule has 0 aromatic heterocycles. The largest absolute Gasteiger partial charge is 0.258 e. The van der Waals surface area contributed by atoms with E-state index in [1.54, 1.807) is 0 Å². The summed E-state index contributed by atoms with van der Waals surface area (Å²) in [6, 6.07) is 0. The topological polar surface area (TPSA) is 34.1 Å². The van der Waals surface area contributed by atoms with E-state index < -0.39 is 21.6 Å². The maximum Gasteiger partial charge on any atom is 0.127 e. The zero-order valence-corrected chi connectivity index (χ0v) is 9.61. The molecule has 0 N–H and O–H groups in total. The number of rotatable bonds is 0. The van der Waals surface area contributed by atoms with Crippen LogP contribution in [0.15, 0.2) is 12.2 Å². The molecule has 0 aromatic rings. The molecule has 0 aromatic carbocycles. The predicted octanol–water partition coefficient (Wildman–Crippen LogP) is 1.18. The van der Waals surface area contributed by atoms with E-state index in [-0.39, 0.29) is 4.08 Å². The van der Waals surface area contributed by atoms with Crippen LogP contribution >= 0.6 is 0 Å². The van der Waals surface area contributed by atoms with Gasteiger partial charge in [-0.05, 0) is 25.2 Å². The Kier molecular flexibility index (Phi) is 2.00. The predicted molar refractivity (Wildman–Crippen MR) is 58.7 cm³/mol. The molecule has 4 rings (SSSR count). The molecule has 1 spiro atoms. The van der Waals surface area contributed by atoms with Gasteiger partial charge >= 0.3 is 0 Å². The lowest BCUT2D eigenvalue weighted by Gasteiger charge is -2.44. The molecule has 2 fully saturated rings. The van der Waals surface area contributed by atoms with Gasteiger partial charge in [-0.25, -0.2) is 0 Å². The molecule has 0 radical (unpaired) electrons. The molecule has 1 saturated carbocycles. The summed E-state index contributed by atoms with van der Waals surface area (Å²) in [6.45, 7) is 0. The van der Waals surface area contributed by atoms with Crippen LogP contribution in [0.2, 0.25) is 0 Å². The first-order valence-corrected chi connectivity index (χ1v) is 7.82. The first kappa shape index (κ1) is 9.28. The molecule has 1 heterocycles. The average Bonchev–Trinajstić information content (AvgIpc) is 2.49. The summed E-state index contributed by atoms with van der Waals surface area (Å²) in [4.78, 5) is 0. The summed E-state index contributed by atoms with van der Waals surface area (Å²) < 4.78 is 23.7. The van der Waals surface area contributed by atoms with Crippen LogP contribution in [0.4, 0.5) is 0 Å². The summed E-state index contributed by atoms with van der Waals surface area (Å²) in [6.07, 6.45) is 7.63. The van der Waals surface area contributed by atoms with Gasteiger partial charge in [-0.3, -0.25) is 8.42 Å². The molecule has 2 bridgehead atoms. The van der Waals surface area contributed by atoms with Crippen molar-refractivity contribution in [2.24, 2.45) is 11.8 Å². The molecule has 2 nitrogen and oxygen atoms in total. The van der Waals surface area contributed by atoms with Crippen molar-refractivity contribution in [3.05, 3.63) is 12.2 Å². The maximum absolute atomic E-state index is 12.0. The van der Waals surface area contributed by atoms with Crippen LogP contribution in [-0.2, 0) is 21.6 Å². The van der Waals surface area contributed by atoms with Crippen LogP contribution in [0.5, 0.6) is 0 Å². The molecule has 4 aliphatic rings. The molecule has 14 heavy (non-hydrogen) atoms. The normalized spacial score (nSPS) is 55.7. The number of fused-ring (bicyclic) bond motifs is 1. The van der Waals surface area contributed by atoms with Gasteiger partial charge in [-0.2, -0.15) is 0 Å². The van der Waals surface area contributed by atoms with Gasteiger partial charge in [0.05, 0.1) is 0 Å². The Labute approximate surface area is 89.1 Å². The van der Waals surface area contributed by atoms with Gasteiger partial charge in [0.25, 0.3) is 0 Å². The summed E-state index contributed by atoms with van der Waals surface area (Å²) in [5, 5.41) is 0. The van der Waals surface area contributed by atoms with Crippen LogP contribution in [-0.4, -0.2) is 24.0 Å². The minimum atomic E-state index is -0.849. The zero-order chi connectivity index (χ0) is 9.76. The van der Waals surface area contributed by atoms with Crippen molar-refractivity contribution in [3.8, 4) is 0 Å². The van der Waals surface area contributed by atoms with Crippen molar-refractivity contribution in [1.29, 1.82) is 0 Å². The van der Waals surface area contributed by atoms with Crippen molar-refractivity contribution < 1.29 is 8.42 Å². The van der Waals surface area contributed by atoms with E-state index in [1.807, 2.05) is 0 Å². The highest BCUT2D eigenvalue weighted by atomic mass is 32.3. The third-order valence-corrected chi connectivity index (χ3v) is 8.80. The van der Waals surface area contributed by atoms with Crippen LogP contribution in [0.3, 0.4) is 0 Å². The highest BCUT2D eigenvalue weighted by Crippen LogP contribution is 2.50. The zero-order valence-electron chi connectivity index (χ0n) is 7.98. The third-order valence-electron chi connectivity index (χ3n) is 3.80. The Balaban J connectivity index is 2.08. The van der Waals surface area contributed by atoms with Crippen molar-refractivity contribution >= 4 is 21.6 Å². The fourth-order valence-electron chi connectivity index (χ4n) is 3.05. The van der Waals surface area contributed by atoms with E-state index in [1.165, 1.54) is 6.42 Å². The molecular weight excluding hydrogens is 216 g/mol. The molecule has 5 atom stereocenters. The van der Waals surface area contributed by atoms with Crippen LogP contribution < -0.4 is 0 Å². The highest BCUT2D eigenvalue weighted by molar-refractivity contribution is 8.07. The highest BCUT2D eigenvalue weighted by Gasteiger charge is 2.56. The van der Waals surface area contributed by atoms with Crippen LogP contribution in [0.25, 0.3) is 0 Å². The molecule has 1 unspecified atom stereocenters. The van der Waals surface area contributed by atoms with Crippen LogP contribution in [0, 0.1) is 11.8 Å². The second-order valence-corrected chi connectivity index (χ2v) is 8.36. The molecule has 78 valence electrons. The SMILES string of the molecule is O=[S@@]1CC[S@](=O)C12C[C@@H]1C=C[C@H]2CC1. The minimum Gasteiger partial charge on any atom is -0.258 e. The van der Waals surface area contributed by atoms with Crippen molar-refractivity contribution in [3.63, 3.8) is 0 Å². The van der Waals surface area contributed by atoms with Gasteiger partial charge in [0, 0.05) is 39.0 Å². The van der Waals surface area contributed by atoms with Gasteiger partial charge in [-0.1, -0.05) is 12.2 Å². The Hall–Kier alpha value is 0.0400. The fourth-order valence-corrected chi connectivity index (χ4v) is 8.15. The van der Waals surface area contributed by atoms with Gasteiger partial charge < -0.3 is 0 Å². The van der Waals surface area contributed by atoms with Gasteiger partial charge in [0.1, 0.15) is 4.08 Å². The van der Waals surface area contributed by atoms with Gasteiger partial charge in [-0.15, -0.1) is 0 Å². The lowest BCUT2D eigenvalue weighted by molar-refractivity contribution is 0.311. The summed E-state index contributed by atoms with van der Waals surface area (Å²) >= 11 is 0. The van der Waals surface area contributed by atoms with Crippen molar-refractivity contribution in [2.75, 3.05) is 11.5 Å². The van der Waals surface area contributed by atoms with Gasteiger partial charge in [0.15, 0.2) is 0 Å². The van der Waals surface area contributed by atoms with Crippen LogP contribution in [0.1, 0.15) is 19.3 Å². The Morgan fingerprint density at radius 2 is 1.79 bits per heavy atom. The van der Waals surface area contributed by atoms with E-state index in [0.29, 0.717) is 23.3 Å². The second-order valence-electron chi connectivity index (χ2n) is 4.44. The van der Waals surface area contributed by atoms with E-state index in [2.05, 4.69) is 12.2 Å². The summed E-state index contributed by atoms with van der Waals surface area (Å²) in [7, 11) is -1.70. The molecular formula is C10H14O2S2. The standard InChI is InChI=1S/C10H14O2S2/c11-13-5-6-14(12)10(13)7-8-1-3-9(10)4-2-8/h1,3,8-9H,2,4-7H2/t8-,9+,10?,13-,14+/m1/s1. The van der Waals surface area contributed by atoms with Crippen molar-refractivity contribution in [1.82, 2.24) is 0 Å². The van der Waals surface area contributed by atoms with E-state index in [9.17, 15) is 8.42 Å². The van der Waals surface area contributed by atoms with E-state index in [0.717, 1.165) is 12.8 Å². The monoisotopic (exact) mass is 230 g/mol. The number of allylic oxidation sites excluding steroid dienone is 2. The van der Waals surface area contributed by atoms with Gasteiger partial charge in [0.2, 0.25) is 0 Å². The Morgan fingerprint density at radius 3 is 2.21 bits per heavy atom. The Bertz CT molecular complexity index is 332. The first-order valence-electron chi connectivity index (χ1n) is 5.19. The Morgan fingerprint density at radius 1 is 1.07 bits per heavy atom. The summed E-state index contributed by atoms with van der Waals surface area (Å²) in [5.41, 5.74) is 0. The second kappa shape index (κ2) is 3.01. The number of hydrogen-bond donors (Lipinski definition) is 0. The molecule has 4 heteroatoms. The third kappa shape index (κ3) is 1.01. The van der Waals surface area contributed by atoms with E-state index in [4.69, 9.17) is 0 Å². The lowest BCUT2D eigenvalue weighted by atomic mass is 9.75. The quantitative estimate of drug-likeness (QED) is 0.586. The molecule has 1 saturated heterocycles. The van der Waals surface area contributed by atoms with E-state index >= 15 is 0 Å². The number of hydrogen-bond acceptors (Lipinski definition) is 2. The summed E-state index contributed by atoms with van der Waals surface area (Å²) in [5.74, 6) is 2.19. The average molecular weight is 230 g/mol. The fraction of sp³-hybridized carbons (Fsp3) is 0.800. The maximum atomic E-state index is 12.0. The lowest BCUT2D eigenvalue weighted by Crippen LogP contribution is -2.48. The molecule has 1 aliphatic heterocycles. The minimum absolute atomic E-state index is 0.330. The molecule has 0 amide bonds. The first-order chi connectivity index (χ1) is 6.73.